The van der Waals surface area contributed by atoms with Crippen molar-refractivity contribution in [2.75, 3.05) is 5.32 Å². The van der Waals surface area contributed by atoms with Gasteiger partial charge in [0.15, 0.2) is 5.17 Å². The third kappa shape index (κ3) is 5.04. The largest absolute Gasteiger partial charge is 0.326 e. The summed E-state index contributed by atoms with van der Waals surface area (Å²) in [4.78, 5) is 24.4. The van der Waals surface area contributed by atoms with Crippen LogP contribution >= 0.6 is 11.8 Å². The van der Waals surface area contributed by atoms with Crippen molar-refractivity contribution in [1.82, 2.24) is 5.32 Å². The molecule has 1 heterocycles. The van der Waals surface area contributed by atoms with Crippen LogP contribution in [0, 0.1) is 6.92 Å². The molecule has 2 amide bonds. The molecular weight excluding hydrogens is 360 g/mol. The van der Waals surface area contributed by atoms with Crippen molar-refractivity contribution < 1.29 is 9.59 Å². The minimum atomic E-state index is -0.514. The summed E-state index contributed by atoms with van der Waals surface area (Å²) >= 11 is 1.22. The van der Waals surface area contributed by atoms with Crippen LogP contribution in [-0.2, 0) is 9.59 Å². The average molecular weight is 380 g/mol. The summed E-state index contributed by atoms with van der Waals surface area (Å²) in [5.41, 5.74) is 3.44. The van der Waals surface area contributed by atoms with Crippen molar-refractivity contribution in [1.29, 1.82) is 0 Å². The van der Waals surface area contributed by atoms with E-state index in [1.807, 2.05) is 68.4 Å². The molecule has 138 valence electrons. The van der Waals surface area contributed by atoms with E-state index >= 15 is 0 Å². The van der Waals surface area contributed by atoms with Gasteiger partial charge in [-0.2, -0.15) is 5.10 Å². The Bertz CT molecular complexity index is 909. The van der Waals surface area contributed by atoms with Gasteiger partial charge < -0.3 is 10.6 Å². The molecule has 2 aromatic rings. The number of carbonyl (C=O) groups excluding carboxylic acids is 2. The van der Waals surface area contributed by atoms with Crippen molar-refractivity contribution in [3.63, 3.8) is 0 Å². The number of amides is 2. The van der Waals surface area contributed by atoms with E-state index in [2.05, 4.69) is 20.8 Å². The fraction of sp³-hybridized carbons (Fsp3) is 0.200. The van der Waals surface area contributed by atoms with Crippen molar-refractivity contribution in [3.8, 4) is 0 Å². The van der Waals surface area contributed by atoms with E-state index in [4.69, 9.17) is 0 Å². The van der Waals surface area contributed by atoms with Gasteiger partial charge in [-0.05, 0) is 31.0 Å². The predicted octanol–water partition coefficient (Wildman–Crippen LogP) is 3.34. The van der Waals surface area contributed by atoms with Gasteiger partial charge in [-0.15, -0.1) is 5.10 Å². The summed E-state index contributed by atoms with van der Waals surface area (Å²) in [6, 6.07) is 17.2. The van der Waals surface area contributed by atoms with Crippen molar-refractivity contribution in [3.05, 3.63) is 65.7 Å². The molecule has 0 aromatic heterocycles. The Balaban J connectivity index is 1.60. The first kappa shape index (κ1) is 18.8. The first-order valence-corrected chi connectivity index (χ1v) is 9.41. The molecule has 7 heteroatoms. The van der Waals surface area contributed by atoms with E-state index in [0.29, 0.717) is 5.17 Å². The number of anilines is 1. The molecule has 3 rings (SSSR count). The first-order chi connectivity index (χ1) is 13.0. The predicted molar refractivity (Wildman–Crippen MR) is 110 cm³/mol. The SMILES string of the molecule is CC(=N/N=C1\NC(=O)C(CC(=O)Nc2ccccc2C)S1)c1ccccc1. The lowest BCUT2D eigenvalue weighted by molar-refractivity contribution is -0.122. The maximum Gasteiger partial charge on any atom is 0.240 e. The minimum Gasteiger partial charge on any atom is -0.326 e. The van der Waals surface area contributed by atoms with Crippen LogP contribution in [0.1, 0.15) is 24.5 Å². The molecule has 1 atom stereocenters. The molecule has 2 aromatic carbocycles. The second kappa shape index (κ2) is 8.64. The Labute approximate surface area is 162 Å². The second-order valence-electron chi connectivity index (χ2n) is 6.12. The Morgan fingerprint density at radius 2 is 1.85 bits per heavy atom. The highest BCUT2D eigenvalue weighted by atomic mass is 32.2. The Kier molecular flexibility index (Phi) is 6.03. The van der Waals surface area contributed by atoms with Crippen LogP contribution < -0.4 is 10.6 Å². The molecule has 1 aliphatic rings. The summed E-state index contributed by atoms with van der Waals surface area (Å²) in [6.45, 7) is 3.78. The summed E-state index contributed by atoms with van der Waals surface area (Å²) in [5.74, 6) is -0.437. The van der Waals surface area contributed by atoms with Crippen molar-refractivity contribution in [2.45, 2.75) is 25.5 Å². The lowest BCUT2D eigenvalue weighted by Crippen LogP contribution is -2.28. The summed E-state index contributed by atoms with van der Waals surface area (Å²) in [7, 11) is 0. The lowest BCUT2D eigenvalue weighted by Gasteiger charge is -2.09. The third-order valence-electron chi connectivity index (χ3n) is 4.05. The average Bonchev–Trinajstić information content (AvgIpc) is 3.01. The quantitative estimate of drug-likeness (QED) is 0.616. The molecule has 0 radical (unpaired) electrons. The molecule has 1 unspecified atom stereocenters. The van der Waals surface area contributed by atoms with Gasteiger partial charge in [0.25, 0.3) is 0 Å². The molecule has 27 heavy (non-hydrogen) atoms. The van der Waals surface area contributed by atoms with Gasteiger partial charge >= 0.3 is 0 Å². The van der Waals surface area contributed by atoms with E-state index in [0.717, 1.165) is 22.5 Å². The summed E-state index contributed by atoms with van der Waals surface area (Å²) < 4.78 is 0. The highest BCUT2D eigenvalue weighted by molar-refractivity contribution is 8.15. The van der Waals surface area contributed by atoms with Crippen LogP contribution in [0.25, 0.3) is 0 Å². The van der Waals surface area contributed by atoms with Crippen LogP contribution in [0.5, 0.6) is 0 Å². The normalized spacial score (nSPS) is 18.4. The minimum absolute atomic E-state index is 0.0746. The fourth-order valence-electron chi connectivity index (χ4n) is 2.53. The number of nitrogens with zero attached hydrogens (tertiary/aromatic N) is 2. The monoisotopic (exact) mass is 380 g/mol. The van der Waals surface area contributed by atoms with E-state index in [-0.39, 0.29) is 18.2 Å². The highest BCUT2D eigenvalue weighted by Gasteiger charge is 2.32. The molecule has 0 bridgehead atoms. The maximum absolute atomic E-state index is 12.3. The second-order valence-corrected chi connectivity index (χ2v) is 7.31. The van der Waals surface area contributed by atoms with Gasteiger partial charge in [-0.1, -0.05) is 60.3 Å². The number of carbonyl (C=O) groups is 2. The molecule has 1 saturated heterocycles. The Morgan fingerprint density at radius 1 is 1.15 bits per heavy atom. The van der Waals surface area contributed by atoms with Crippen molar-refractivity contribution in [2.24, 2.45) is 10.2 Å². The number of aryl methyl sites for hydroxylation is 1. The maximum atomic E-state index is 12.3. The standard InChI is InChI=1S/C20H20N4O2S/c1-13-8-6-7-11-16(13)21-18(25)12-17-19(26)22-20(27-17)24-23-14(2)15-9-4-3-5-10-15/h3-11,17H,12H2,1-2H3,(H,21,25)(H,22,24,26). The fourth-order valence-corrected chi connectivity index (χ4v) is 3.44. The third-order valence-corrected chi connectivity index (χ3v) is 5.12. The van der Waals surface area contributed by atoms with Gasteiger partial charge in [0.2, 0.25) is 11.8 Å². The molecule has 6 nitrogen and oxygen atoms in total. The summed E-state index contributed by atoms with van der Waals surface area (Å²) in [5, 5.41) is 13.7. The first-order valence-electron chi connectivity index (χ1n) is 8.53. The number of nitrogens with one attached hydrogen (secondary N) is 2. The van der Waals surface area contributed by atoms with Crippen LogP contribution in [0.3, 0.4) is 0 Å². The molecule has 0 saturated carbocycles. The zero-order valence-electron chi connectivity index (χ0n) is 15.1. The van der Waals surface area contributed by atoms with Crippen LogP contribution in [0.2, 0.25) is 0 Å². The highest BCUT2D eigenvalue weighted by Crippen LogP contribution is 2.23. The van der Waals surface area contributed by atoms with Gasteiger partial charge in [0.05, 0.1) is 5.71 Å². The van der Waals surface area contributed by atoms with E-state index < -0.39 is 5.25 Å². The number of rotatable bonds is 5. The Hall–Kier alpha value is -2.93. The van der Waals surface area contributed by atoms with Crippen LogP contribution in [0.15, 0.2) is 64.8 Å². The number of benzene rings is 2. The Morgan fingerprint density at radius 3 is 2.59 bits per heavy atom. The van der Waals surface area contributed by atoms with E-state index in [1.165, 1.54) is 11.8 Å². The van der Waals surface area contributed by atoms with Crippen LogP contribution in [-0.4, -0.2) is 27.9 Å². The van der Waals surface area contributed by atoms with Gasteiger partial charge in [0, 0.05) is 12.1 Å². The van der Waals surface area contributed by atoms with Crippen molar-refractivity contribution >= 4 is 40.1 Å². The topological polar surface area (TPSA) is 82.9 Å². The van der Waals surface area contributed by atoms with E-state index in [1.54, 1.807) is 0 Å². The number of thioether (sulfide) groups is 1. The molecule has 0 aliphatic carbocycles. The smallest absolute Gasteiger partial charge is 0.240 e. The van der Waals surface area contributed by atoms with E-state index in [9.17, 15) is 9.59 Å². The zero-order chi connectivity index (χ0) is 19.2. The molecule has 1 fully saturated rings. The lowest BCUT2D eigenvalue weighted by atomic mass is 10.1. The number of amidine groups is 1. The number of para-hydroxylation sites is 1. The van der Waals surface area contributed by atoms with Gasteiger partial charge in [-0.25, -0.2) is 0 Å². The number of hydrogen-bond acceptors (Lipinski definition) is 5. The zero-order valence-corrected chi connectivity index (χ0v) is 15.9. The molecule has 2 N–H and O–H groups in total. The molecule has 0 spiro atoms. The molecule has 1 aliphatic heterocycles. The van der Waals surface area contributed by atoms with Crippen LogP contribution in [0.4, 0.5) is 5.69 Å². The van der Waals surface area contributed by atoms with Gasteiger partial charge in [-0.3, -0.25) is 9.59 Å². The summed E-state index contributed by atoms with van der Waals surface area (Å²) in [6.07, 6.45) is 0.0746. The van der Waals surface area contributed by atoms with Gasteiger partial charge in [0.1, 0.15) is 5.25 Å². The number of hydrogen-bond donors (Lipinski definition) is 2. The molecular formula is C20H20N4O2S.